The highest BCUT2D eigenvalue weighted by Gasteiger charge is 2.35. The highest BCUT2D eigenvalue weighted by molar-refractivity contribution is 5.78. The Morgan fingerprint density at radius 2 is 1.76 bits per heavy atom. The molecule has 0 radical (unpaired) electrons. The molecular formula is C27H25FN4O2. The van der Waals surface area contributed by atoms with Gasteiger partial charge in [-0.3, -0.25) is 9.88 Å². The number of amides is 1. The molecule has 0 spiro atoms. The van der Waals surface area contributed by atoms with Crippen LogP contribution in [0.2, 0.25) is 0 Å². The molecule has 1 saturated heterocycles. The molecule has 1 aliphatic heterocycles. The zero-order valence-corrected chi connectivity index (χ0v) is 18.6. The van der Waals surface area contributed by atoms with Crippen molar-refractivity contribution in [3.05, 3.63) is 96.3 Å². The summed E-state index contributed by atoms with van der Waals surface area (Å²) in [4.78, 5) is 26.0. The van der Waals surface area contributed by atoms with Crippen LogP contribution in [-0.4, -0.2) is 37.6 Å². The molecule has 4 aromatic rings. The van der Waals surface area contributed by atoms with E-state index in [2.05, 4.69) is 22.1 Å². The molecular weight excluding hydrogens is 431 g/mol. The summed E-state index contributed by atoms with van der Waals surface area (Å²) in [7, 11) is 0. The van der Waals surface area contributed by atoms with E-state index in [1.165, 1.54) is 22.6 Å². The molecule has 2 aromatic heterocycles. The standard InChI is InChI=1S/C27H25FN4O2/c28-22-8-6-20(7-9-22)24-25(21-10-13-29-14-11-21)31-26(30-24)23-17-19(12-15-32(23)27(33)34)16-18-4-2-1-3-5-18/h1-11,13-14,19,23H,12,15-17H2,(H,30,31)(H,33,34). The largest absolute Gasteiger partial charge is 0.465 e. The molecule has 2 N–H and O–H groups in total. The van der Waals surface area contributed by atoms with Crippen LogP contribution < -0.4 is 0 Å². The van der Waals surface area contributed by atoms with Gasteiger partial charge in [0.05, 0.1) is 17.4 Å². The summed E-state index contributed by atoms with van der Waals surface area (Å²) in [5.41, 5.74) is 4.32. The number of likely N-dealkylation sites (tertiary alicyclic amines) is 1. The molecule has 2 unspecified atom stereocenters. The van der Waals surface area contributed by atoms with E-state index in [-0.39, 0.29) is 5.82 Å². The second-order valence-corrected chi connectivity index (χ2v) is 8.66. The fourth-order valence-corrected chi connectivity index (χ4v) is 4.75. The van der Waals surface area contributed by atoms with Crippen LogP contribution in [0.5, 0.6) is 0 Å². The zero-order chi connectivity index (χ0) is 23.5. The third-order valence-corrected chi connectivity index (χ3v) is 6.45. The van der Waals surface area contributed by atoms with Gasteiger partial charge in [-0.25, -0.2) is 14.2 Å². The van der Waals surface area contributed by atoms with Crippen LogP contribution >= 0.6 is 0 Å². The second kappa shape index (κ2) is 9.47. The lowest BCUT2D eigenvalue weighted by Crippen LogP contribution is -2.41. The van der Waals surface area contributed by atoms with Gasteiger partial charge in [-0.15, -0.1) is 0 Å². The molecule has 7 heteroatoms. The Labute approximate surface area is 197 Å². The number of nitrogens with one attached hydrogen (secondary N) is 1. The lowest BCUT2D eigenvalue weighted by Gasteiger charge is -2.36. The Balaban J connectivity index is 1.53. The van der Waals surface area contributed by atoms with Crippen molar-refractivity contribution < 1.29 is 14.3 Å². The number of aromatic amines is 1. The lowest BCUT2D eigenvalue weighted by atomic mass is 9.86. The van der Waals surface area contributed by atoms with Crippen molar-refractivity contribution >= 4 is 6.09 Å². The van der Waals surface area contributed by atoms with Crippen molar-refractivity contribution in [1.82, 2.24) is 19.9 Å². The number of rotatable bonds is 5. The topological polar surface area (TPSA) is 82.1 Å². The molecule has 0 saturated carbocycles. The molecule has 2 aromatic carbocycles. The van der Waals surface area contributed by atoms with E-state index in [4.69, 9.17) is 4.98 Å². The van der Waals surface area contributed by atoms with E-state index in [1.807, 2.05) is 30.3 Å². The first-order valence-electron chi connectivity index (χ1n) is 11.4. The number of piperidine rings is 1. The number of pyridine rings is 1. The number of hydrogen-bond acceptors (Lipinski definition) is 3. The van der Waals surface area contributed by atoms with Gasteiger partial charge in [0.25, 0.3) is 0 Å². The van der Waals surface area contributed by atoms with E-state index in [9.17, 15) is 14.3 Å². The van der Waals surface area contributed by atoms with Crippen molar-refractivity contribution in [2.75, 3.05) is 6.54 Å². The number of nitrogens with zero attached hydrogens (tertiary/aromatic N) is 3. The minimum Gasteiger partial charge on any atom is -0.465 e. The molecule has 6 nitrogen and oxygen atoms in total. The second-order valence-electron chi connectivity index (χ2n) is 8.66. The molecule has 34 heavy (non-hydrogen) atoms. The highest BCUT2D eigenvalue weighted by atomic mass is 19.1. The van der Waals surface area contributed by atoms with Crippen LogP contribution in [0.1, 0.15) is 30.3 Å². The van der Waals surface area contributed by atoms with Gasteiger partial charge in [0.15, 0.2) is 0 Å². The first-order chi connectivity index (χ1) is 16.6. The molecule has 0 bridgehead atoms. The van der Waals surface area contributed by atoms with Gasteiger partial charge < -0.3 is 10.1 Å². The highest BCUT2D eigenvalue weighted by Crippen LogP contribution is 2.38. The Bertz CT molecular complexity index is 1260. The maximum atomic E-state index is 13.6. The zero-order valence-electron chi connectivity index (χ0n) is 18.6. The Hall–Kier alpha value is -4.00. The summed E-state index contributed by atoms with van der Waals surface area (Å²) in [6.07, 6.45) is 4.82. The minimum absolute atomic E-state index is 0.321. The monoisotopic (exact) mass is 456 g/mol. The summed E-state index contributed by atoms with van der Waals surface area (Å²) in [5, 5.41) is 9.92. The summed E-state index contributed by atoms with van der Waals surface area (Å²) < 4.78 is 13.6. The number of hydrogen-bond donors (Lipinski definition) is 2. The number of benzene rings is 2. The van der Waals surface area contributed by atoms with Crippen molar-refractivity contribution in [2.45, 2.75) is 25.3 Å². The average molecular weight is 457 g/mol. The normalized spacial score (nSPS) is 18.1. The first kappa shape index (κ1) is 21.8. The molecule has 5 rings (SSSR count). The molecule has 0 aliphatic carbocycles. The quantitative estimate of drug-likeness (QED) is 0.389. The first-order valence-corrected chi connectivity index (χ1v) is 11.4. The minimum atomic E-state index is -0.951. The number of carbonyl (C=O) groups is 1. The van der Waals surface area contributed by atoms with Crippen molar-refractivity contribution in [2.24, 2.45) is 5.92 Å². The fraction of sp³-hybridized carbons (Fsp3) is 0.222. The van der Waals surface area contributed by atoms with Gasteiger partial charge in [-0.05, 0) is 67.1 Å². The average Bonchev–Trinajstić information content (AvgIpc) is 3.31. The summed E-state index contributed by atoms with van der Waals surface area (Å²) in [6, 6.07) is 19.8. The fourth-order valence-electron chi connectivity index (χ4n) is 4.75. The van der Waals surface area contributed by atoms with Crippen LogP contribution in [0.25, 0.3) is 22.5 Å². The Morgan fingerprint density at radius 3 is 2.47 bits per heavy atom. The predicted octanol–water partition coefficient (Wildman–Crippen LogP) is 5.95. The van der Waals surface area contributed by atoms with Gasteiger partial charge in [0, 0.05) is 30.1 Å². The number of halogens is 1. The third kappa shape index (κ3) is 4.55. The van der Waals surface area contributed by atoms with Gasteiger partial charge in [0.2, 0.25) is 0 Å². The molecule has 1 aliphatic rings. The Kier molecular flexibility index (Phi) is 6.08. The number of H-pyrrole nitrogens is 1. The third-order valence-electron chi connectivity index (χ3n) is 6.45. The summed E-state index contributed by atoms with van der Waals surface area (Å²) >= 11 is 0. The Morgan fingerprint density at radius 1 is 1.03 bits per heavy atom. The number of imidazole rings is 1. The number of aromatic nitrogens is 3. The molecule has 1 fully saturated rings. The smallest absolute Gasteiger partial charge is 0.407 e. The van der Waals surface area contributed by atoms with Crippen molar-refractivity contribution in [1.29, 1.82) is 0 Å². The van der Waals surface area contributed by atoms with Gasteiger partial charge in [-0.2, -0.15) is 0 Å². The molecule has 1 amide bonds. The lowest BCUT2D eigenvalue weighted by molar-refractivity contribution is 0.0865. The van der Waals surface area contributed by atoms with Gasteiger partial charge >= 0.3 is 6.09 Å². The summed E-state index contributed by atoms with van der Waals surface area (Å²) in [6.45, 7) is 0.453. The predicted molar refractivity (Wildman–Crippen MR) is 128 cm³/mol. The maximum absolute atomic E-state index is 13.6. The molecule has 3 heterocycles. The van der Waals surface area contributed by atoms with Crippen LogP contribution in [-0.2, 0) is 6.42 Å². The van der Waals surface area contributed by atoms with Crippen molar-refractivity contribution in [3.63, 3.8) is 0 Å². The van der Waals surface area contributed by atoms with Crippen molar-refractivity contribution in [3.8, 4) is 22.5 Å². The van der Waals surface area contributed by atoms with E-state index in [0.717, 1.165) is 29.7 Å². The van der Waals surface area contributed by atoms with Gasteiger partial charge in [0.1, 0.15) is 11.6 Å². The van der Waals surface area contributed by atoms with Crippen LogP contribution in [0, 0.1) is 11.7 Å². The SMILES string of the molecule is O=C(O)N1CCC(Cc2ccccc2)CC1c1nc(-c2ccc(F)cc2)c(-c2ccncc2)[nH]1. The molecule has 2 atom stereocenters. The number of carboxylic acid groups (broad SMARTS) is 1. The summed E-state index contributed by atoms with van der Waals surface area (Å²) in [5.74, 6) is 0.621. The van der Waals surface area contributed by atoms with E-state index in [1.54, 1.807) is 24.5 Å². The van der Waals surface area contributed by atoms with Crippen LogP contribution in [0.4, 0.5) is 9.18 Å². The molecule has 172 valence electrons. The van der Waals surface area contributed by atoms with Crippen LogP contribution in [0.15, 0.2) is 79.1 Å². The van der Waals surface area contributed by atoms with Gasteiger partial charge in [-0.1, -0.05) is 30.3 Å². The van der Waals surface area contributed by atoms with E-state index >= 15 is 0 Å². The van der Waals surface area contributed by atoms with E-state index in [0.29, 0.717) is 30.4 Å². The maximum Gasteiger partial charge on any atom is 0.407 e. The van der Waals surface area contributed by atoms with Crippen LogP contribution in [0.3, 0.4) is 0 Å². The van der Waals surface area contributed by atoms with E-state index < -0.39 is 12.1 Å².